The molecular formula is C49H64N12O3Sn. The van der Waals surface area contributed by atoms with Crippen molar-refractivity contribution >= 4 is 68.3 Å². The molecule has 6 aromatic rings. The second-order valence-electron chi connectivity index (χ2n) is 19.7. The molecule has 4 fully saturated rings. The predicted octanol–water partition coefficient (Wildman–Crippen LogP) is 8.08. The summed E-state index contributed by atoms with van der Waals surface area (Å²) in [5.74, 6) is 2.39. The minimum Gasteiger partial charge on any atom is -0.349 e. The van der Waals surface area contributed by atoms with E-state index in [-0.39, 0.29) is 12.1 Å². The molecule has 4 amide bonds. The van der Waals surface area contributed by atoms with E-state index in [2.05, 4.69) is 110 Å². The van der Waals surface area contributed by atoms with Crippen molar-refractivity contribution in [2.45, 2.75) is 99.2 Å². The molecule has 3 N–H and O–H groups in total. The van der Waals surface area contributed by atoms with Crippen molar-refractivity contribution in [2.24, 2.45) is 5.92 Å². The van der Waals surface area contributed by atoms with E-state index in [1.54, 1.807) is 29.9 Å². The van der Waals surface area contributed by atoms with E-state index in [0.29, 0.717) is 60.2 Å². The van der Waals surface area contributed by atoms with E-state index in [4.69, 9.17) is 9.97 Å². The summed E-state index contributed by atoms with van der Waals surface area (Å²) >= 11 is -2.18. The second kappa shape index (κ2) is 18.5. The smallest absolute Gasteiger partial charge is 0.321 e. The number of rotatable bonds is 7. The molecule has 0 radical (unpaired) electrons. The summed E-state index contributed by atoms with van der Waals surface area (Å²) in [7, 11) is 0. The summed E-state index contributed by atoms with van der Waals surface area (Å²) in [6.45, 7) is 13.2. The first-order valence-electron chi connectivity index (χ1n) is 23.4. The van der Waals surface area contributed by atoms with Crippen LogP contribution < -0.4 is 24.0 Å². The van der Waals surface area contributed by atoms with Crippen LogP contribution in [0, 0.1) is 26.7 Å². The molecule has 4 aromatic heterocycles. The Morgan fingerprint density at radius 2 is 1.18 bits per heavy atom. The first-order chi connectivity index (χ1) is 31.2. The van der Waals surface area contributed by atoms with Crippen molar-refractivity contribution in [3.8, 4) is 0 Å². The molecule has 342 valence electrons. The molecule has 10 rings (SSSR count). The minimum atomic E-state index is -2.18. The van der Waals surface area contributed by atoms with Crippen LogP contribution in [0.25, 0.3) is 11.3 Å². The van der Waals surface area contributed by atoms with Gasteiger partial charge in [0.25, 0.3) is 0 Å². The van der Waals surface area contributed by atoms with Gasteiger partial charge >= 0.3 is 181 Å². The van der Waals surface area contributed by atoms with Gasteiger partial charge in [-0.2, -0.15) is 5.10 Å². The van der Waals surface area contributed by atoms with Gasteiger partial charge in [-0.3, -0.25) is 0 Å². The van der Waals surface area contributed by atoms with Gasteiger partial charge in [-0.25, -0.2) is 14.3 Å². The fourth-order valence-corrected chi connectivity index (χ4v) is 13.3. The van der Waals surface area contributed by atoms with Crippen LogP contribution in [-0.4, -0.2) is 120 Å². The van der Waals surface area contributed by atoms with Crippen LogP contribution >= 0.6 is 0 Å². The van der Waals surface area contributed by atoms with E-state index in [9.17, 15) is 14.7 Å². The summed E-state index contributed by atoms with van der Waals surface area (Å²) in [5.41, 5.74) is 9.30. The summed E-state index contributed by atoms with van der Waals surface area (Å²) in [6.07, 6.45) is 12.9. The Bertz CT molecular complexity index is 2710. The van der Waals surface area contributed by atoms with Gasteiger partial charge in [0.05, 0.1) is 18.3 Å². The number of nitrogens with zero attached hydrogens (tertiary/aromatic N) is 10. The third kappa shape index (κ3) is 9.49. The number of hydrogen-bond acceptors (Lipinski definition) is 9. The summed E-state index contributed by atoms with van der Waals surface area (Å²) in [4.78, 5) is 50.9. The molecule has 15 nitrogen and oxygen atoms in total. The summed E-state index contributed by atoms with van der Waals surface area (Å²) in [6, 6.07) is 18.1. The number of benzene rings is 2. The second-order valence-corrected chi connectivity index (χ2v) is 34.2. The van der Waals surface area contributed by atoms with Crippen molar-refractivity contribution < 1.29 is 14.7 Å². The first-order valence-corrected chi connectivity index (χ1v) is 33.4. The number of aromatic nitrogens is 6. The van der Waals surface area contributed by atoms with E-state index >= 15 is 0 Å². The van der Waals surface area contributed by atoms with Crippen molar-refractivity contribution in [1.29, 1.82) is 0 Å². The molecule has 0 unspecified atom stereocenters. The largest absolute Gasteiger partial charge is 0.349 e. The average Bonchev–Trinajstić information content (AvgIpc) is 4.15. The maximum Gasteiger partial charge on any atom is 0.321 e. The molecule has 0 saturated carbocycles. The number of likely N-dealkylation sites (tertiary alicyclic amines) is 2. The van der Waals surface area contributed by atoms with Crippen LogP contribution in [0.5, 0.6) is 0 Å². The molecule has 0 bridgehead atoms. The molecule has 4 atom stereocenters. The van der Waals surface area contributed by atoms with Crippen molar-refractivity contribution in [2.75, 3.05) is 59.7 Å². The molecule has 0 spiro atoms. The number of aliphatic hydroxyl groups is 1. The van der Waals surface area contributed by atoms with Crippen LogP contribution in [0.15, 0.2) is 73.3 Å². The van der Waals surface area contributed by atoms with Gasteiger partial charge in [-0.1, -0.05) is 30.7 Å². The zero-order valence-electron chi connectivity index (χ0n) is 39.0. The van der Waals surface area contributed by atoms with Gasteiger partial charge in [0.1, 0.15) is 11.5 Å². The molecule has 4 aliphatic rings. The molecule has 65 heavy (non-hydrogen) atoms. The number of carbonyl (C=O) groups excluding carboxylic acids is 2. The van der Waals surface area contributed by atoms with E-state index in [1.807, 2.05) is 29.4 Å². The fourth-order valence-electron chi connectivity index (χ4n) is 9.96. The third-order valence-electron chi connectivity index (χ3n) is 13.7. The number of amides is 4. The van der Waals surface area contributed by atoms with E-state index in [1.165, 1.54) is 27.8 Å². The zero-order valence-corrected chi connectivity index (χ0v) is 41.8. The Balaban J connectivity index is 0.000000165. The molecule has 8 heterocycles. The number of hydrogen-bond donors (Lipinski definition) is 3. The summed E-state index contributed by atoms with van der Waals surface area (Å²) < 4.78 is 4.98. The fraction of sp³-hybridized carbons (Fsp3) is 0.469. The Kier molecular flexibility index (Phi) is 12.7. The number of β-amino-alcohol motifs (C(OH)–C–C–N with tert-alkyl or cyclic N) is 1. The van der Waals surface area contributed by atoms with Gasteiger partial charge in [-0.15, -0.1) is 0 Å². The van der Waals surface area contributed by atoms with Crippen LogP contribution in [0.3, 0.4) is 0 Å². The van der Waals surface area contributed by atoms with Crippen LogP contribution in [0.2, 0.25) is 14.8 Å². The summed E-state index contributed by atoms with van der Waals surface area (Å²) in [5, 5.41) is 24.5. The number of urea groups is 2. The number of aliphatic hydroxyl groups excluding tert-OH is 1. The normalized spacial score (nSPS) is 21.1. The molecule has 2 aromatic carbocycles. The topological polar surface area (TPSA) is 152 Å². The van der Waals surface area contributed by atoms with Gasteiger partial charge in [0, 0.05) is 38.9 Å². The Morgan fingerprint density at radius 1 is 0.662 bits per heavy atom. The van der Waals surface area contributed by atoms with Gasteiger partial charge in [0.15, 0.2) is 5.65 Å². The molecule has 0 aliphatic carbocycles. The average molecular weight is 988 g/mol. The molecule has 16 heteroatoms. The van der Waals surface area contributed by atoms with Crippen LogP contribution in [0.4, 0.5) is 32.6 Å². The van der Waals surface area contributed by atoms with Gasteiger partial charge in [-0.05, 0) is 62.6 Å². The molecule has 4 aliphatic heterocycles. The van der Waals surface area contributed by atoms with Crippen molar-refractivity contribution in [3.05, 3.63) is 101 Å². The van der Waals surface area contributed by atoms with Crippen LogP contribution in [0.1, 0.15) is 85.3 Å². The number of aryl methyl sites for hydroxylation is 3. The number of fused-ring (bicyclic) bond motifs is 2. The Morgan fingerprint density at radius 3 is 1.69 bits per heavy atom. The molecular weight excluding hydrogens is 923 g/mol. The van der Waals surface area contributed by atoms with E-state index in [0.717, 1.165) is 69.9 Å². The van der Waals surface area contributed by atoms with Gasteiger partial charge < -0.3 is 20.2 Å². The minimum absolute atomic E-state index is 0.0686. The molecule has 4 saturated heterocycles. The Labute approximate surface area is 386 Å². The van der Waals surface area contributed by atoms with Crippen molar-refractivity contribution in [3.63, 3.8) is 0 Å². The maximum absolute atomic E-state index is 12.7. The third-order valence-corrected chi connectivity index (χ3v) is 19.6. The Hall–Kier alpha value is -5.42. The SMILES string of the molecule is Cc1cc[c]([Sn]([CH3])([CH3])[CH3])cc1[C@H]1CCCN1c1ccn2ncc(NC(=O)N3CC[C@H](O)C3)c2n1.Cc1ccc(C)c([C@H]2CCCN2c2ccn3ncc(NC(=O)N4CC[C@H](C)C4)c3n2)c1. The van der Waals surface area contributed by atoms with Crippen molar-refractivity contribution in [1.82, 2.24) is 39.0 Å². The van der Waals surface area contributed by atoms with E-state index < -0.39 is 24.5 Å². The van der Waals surface area contributed by atoms with Crippen LogP contribution in [-0.2, 0) is 0 Å². The van der Waals surface area contributed by atoms with Gasteiger partial charge in [0.2, 0.25) is 0 Å². The number of anilines is 4. The maximum atomic E-state index is 12.7. The quantitative estimate of drug-likeness (QED) is 0.135. The monoisotopic (exact) mass is 988 g/mol. The number of nitrogens with one attached hydrogen (secondary N) is 2. The standard InChI is InChI=1S/C24H30N6O.C22H25N6O2.3CH3.Sn/c1-16-6-7-18(3)19(13-16)21-5-4-10-29(21)22-9-12-30-23(27-22)20(14-25-30)26-24(31)28-11-8-17(2)15-28;1-15-5-2-3-6-17(15)19-7-4-10-27(19)20-9-12-28-21(25-20)18(13-23-28)24-22(30)26-11-8-16(29)14-26;;;;/h6-7,9,12-14,17,21H,4-5,8,10-11,15H2,1-3H3,(H,26,31);2,5-6,9,12-13,16,19,29H,4,7-8,10-11,14H2,1H3,(H,24,30);3*1H3;/t17-,21+;16-,19+;;;;/m00..../s1. The predicted molar refractivity (Wildman–Crippen MR) is 260 cm³/mol. The number of carbonyl (C=O) groups is 2. The first kappa shape index (κ1) is 44.8. The zero-order chi connectivity index (χ0) is 45.6.